The van der Waals surface area contributed by atoms with Gasteiger partial charge in [-0.25, -0.2) is 0 Å². The van der Waals surface area contributed by atoms with E-state index in [4.69, 9.17) is 21.7 Å². The molecule has 0 unspecified atom stereocenters. The van der Waals surface area contributed by atoms with Crippen molar-refractivity contribution in [1.82, 2.24) is 14.9 Å². The number of aromatic nitrogens is 2. The summed E-state index contributed by atoms with van der Waals surface area (Å²) < 4.78 is 13.2. The highest BCUT2D eigenvalue weighted by Crippen LogP contribution is 2.31. The number of ether oxygens (including phenoxy) is 2. The second-order valence-corrected chi connectivity index (χ2v) is 9.96. The summed E-state index contributed by atoms with van der Waals surface area (Å²) in [4.78, 5) is 29.3. The summed E-state index contributed by atoms with van der Waals surface area (Å²) in [5, 5.41) is 3.69. The van der Waals surface area contributed by atoms with E-state index in [-0.39, 0.29) is 17.5 Å². The van der Waals surface area contributed by atoms with Crippen LogP contribution in [0.4, 0.5) is 0 Å². The highest BCUT2D eigenvalue weighted by molar-refractivity contribution is 7.71. The van der Waals surface area contributed by atoms with Crippen LogP contribution < -0.4 is 20.3 Å². The quantitative estimate of drug-likeness (QED) is 0.394. The molecule has 3 atom stereocenters. The lowest BCUT2D eigenvalue weighted by molar-refractivity contribution is 0.0891. The Balaban J connectivity index is 1.56. The van der Waals surface area contributed by atoms with Crippen LogP contribution in [0.2, 0.25) is 0 Å². The molecule has 4 rings (SSSR count). The first-order chi connectivity index (χ1) is 17.3. The molecule has 1 fully saturated rings. The topological polar surface area (TPSA) is 85.4 Å². The summed E-state index contributed by atoms with van der Waals surface area (Å²) in [6.45, 7) is 9.49. The number of nitrogens with zero attached hydrogens (tertiary/aromatic N) is 1. The van der Waals surface area contributed by atoms with Crippen LogP contribution in [-0.4, -0.2) is 34.7 Å². The molecule has 0 aliphatic heterocycles. The first-order valence-corrected chi connectivity index (χ1v) is 13.2. The van der Waals surface area contributed by atoms with E-state index in [0.29, 0.717) is 64.3 Å². The summed E-state index contributed by atoms with van der Waals surface area (Å²) in [6, 6.07) is 11.0. The van der Waals surface area contributed by atoms with Crippen molar-refractivity contribution in [3.05, 3.63) is 62.6 Å². The van der Waals surface area contributed by atoms with Crippen LogP contribution in [0, 0.1) is 16.6 Å². The monoisotopic (exact) mass is 509 g/mol. The molecule has 7 nitrogen and oxygen atoms in total. The Morgan fingerprint density at radius 1 is 1.08 bits per heavy atom. The average molecular weight is 510 g/mol. The summed E-state index contributed by atoms with van der Waals surface area (Å²) in [5.41, 5.74) is 1.89. The standard InChI is InChI=1S/C28H35N3O4S/c1-5-34-24-14-21-23(15-25(24)35-6-2)30-28(36)31(27(21)33)16-19-10-12-20(13-11-19)26(32)29-22-9-7-8-17(3)18(22)4/h10-15,17-18,22H,5-9,16H2,1-4H3,(H,29,32)(H,30,36)/t17-,18-,22-/m1/s1. The van der Waals surface area contributed by atoms with Crippen molar-refractivity contribution < 1.29 is 14.3 Å². The van der Waals surface area contributed by atoms with Gasteiger partial charge in [0.1, 0.15) is 0 Å². The number of carbonyl (C=O) groups is 1. The Hall–Kier alpha value is -3.13. The number of fused-ring (bicyclic) bond motifs is 1. The average Bonchev–Trinajstić information content (AvgIpc) is 2.86. The molecule has 2 aromatic carbocycles. The Bertz CT molecular complexity index is 1350. The zero-order chi connectivity index (χ0) is 25.8. The van der Waals surface area contributed by atoms with Gasteiger partial charge in [-0.1, -0.05) is 38.8 Å². The zero-order valence-corrected chi connectivity index (χ0v) is 22.2. The normalized spacial score (nSPS) is 19.7. The van der Waals surface area contributed by atoms with Crippen LogP contribution in [0.15, 0.2) is 41.2 Å². The third kappa shape index (κ3) is 5.48. The maximum Gasteiger partial charge on any atom is 0.262 e. The van der Waals surface area contributed by atoms with Crippen LogP contribution >= 0.6 is 12.2 Å². The second kappa shape index (κ2) is 11.3. The van der Waals surface area contributed by atoms with Gasteiger partial charge in [-0.2, -0.15) is 0 Å². The molecule has 1 aliphatic carbocycles. The molecule has 3 aromatic rings. The summed E-state index contributed by atoms with van der Waals surface area (Å²) in [5.74, 6) is 2.13. The van der Waals surface area contributed by atoms with Crippen LogP contribution in [-0.2, 0) is 6.54 Å². The predicted octanol–water partition coefficient (Wildman–Crippen LogP) is 5.46. The van der Waals surface area contributed by atoms with Crippen molar-refractivity contribution >= 4 is 29.0 Å². The van der Waals surface area contributed by atoms with E-state index in [1.54, 1.807) is 12.1 Å². The minimum atomic E-state index is -0.208. The molecule has 8 heteroatoms. The van der Waals surface area contributed by atoms with Gasteiger partial charge in [-0.3, -0.25) is 14.2 Å². The molecule has 0 radical (unpaired) electrons. The van der Waals surface area contributed by atoms with E-state index in [9.17, 15) is 9.59 Å². The van der Waals surface area contributed by atoms with Crippen molar-refractivity contribution in [2.45, 2.75) is 59.5 Å². The fraction of sp³-hybridized carbons (Fsp3) is 0.464. The van der Waals surface area contributed by atoms with E-state index >= 15 is 0 Å². The fourth-order valence-corrected chi connectivity index (χ4v) is 5.18. The molecule has 0 spiro atoms. The number of H-pyrrole nitrogens is 1. The van der Waals surface area contributed by atoms with Gasteiger partial charge in [0.05, 0.1) is 30.7 Å². The minimum absolute atomic E-state index is 0.0544. The Morgan fingerprint density at radius 3 is 2.42 bits per heavy atom. The van der Waals surface area contributed by atoms with Gasteiger partial charge in [0.15, 0.2) is 16.3 Å². The van der Waals surface area contributed by atoms with Gasteiger partial charge in [0, 0.05) is 17.7 Å². The summed E-state index contributed by atoms with van der Waals surface area (Å²) >= 11 is 5.51. The van der Waals surface area contributed by atoms with Crippen molar-refractivity contribution in [2.75, 3.05) is 13.2 Å². The largest absolute Gasteiger partial charge is 0.490 e. The lowest BCUT2D eigenvalue weighted by Gasteiger charge is -2.34. The molecule has 0 saturated heterocycles. The van der Waals surface area contributed by atoms with Gasteiger partial charge in [-0.05, 0) is 68.1 Å². The van der Waals surface area contributed by atoms with E-state index < -0.39 is 0 Å². The fourth-order valence-electron chi connectivity index (χ4n) is 4.92. The molecule has 1 aromatic heterocycles. The van der Waals surface area contributed by atoms with Gasteiger partial charge < -0.3 is 19.8 Å². The first-order valence-electron chi connectivity index (χ1n) is 12.8. The van der Waals surface area contributed by atoms with E-state index in [1.165, 1.54) is 11.0 Å². The molecule has 2 N–H and O–H groups in total. The van der Waals surface area contributed by atoms with Crippen LogP contribution in [0.1, 0.15) is 62.9 Å². The first kappa shape index (κ1) is 25.9. The number of benzene rings is 2. The second-order valence-electron chi connectivity index (χ2n) is 9.58. The van der Waals surface area contributed by atoms with E-state index in [1.807, 2.05) is 38.1 Å². The summed E-state index contributed by atoms with van der Waals surface area (Å²) in [6.07, 6.45) is 3.39. The zero-order valence-electron chi connectivity index (χ0n) is 21.4. The number of nitrogens with one attached hydrogen (secondary N) is 2. The van der Waals surface area contributed by atoms with Crippen molar-refractivity contribution in [3.63, 3.8) is 0 Å². The van der Waals surface area contributed by atoms with Crippen molar-refractivity contribution in [2.24, 2.45) is 11.8 Å². The van der Waals surface area contributed by atoms with Gasteiger partial charge >= 0.3 is 0 Å². The van der Waals surface area contributed by atoms with Gasteiger partial charge in [0.2, 0.25) is 0 Å². The highest BCUT2D eigenvalue weighted by Gasteiger charge is 2.28. The van der Waals surface area contributed by atoms with Gasteiger partial charge in [-0.15, -0.1) is 0 Å². The predicted molar refractivity (Wildman–Crippen MR) is 145 cm³/mol. The third-order valence-electron chi connectivity index (χ3n) is 7.23. The number of aromatic amines is 1. The number of hydrogen-bond acceptors (Lipinski definition) is 5. The van der Waals surface area contributed by atoms with Crippen LogP contribution in [0.5, 0.6) is 11.5 Å². The Labute approximate surface area is 216 Å². The SMILES string of the molecule is CCOc1cc2[nH]c(=S)n(Cc3ccc(C(=O)N[C@@H]4CCC[C@@H](C)[C@H]4C)cc3)c(=O)c2cc1OCC. The molecular weight excluding hydrogens is 474 g/mol. The minimum Gasteiger partial charge on any atom is -0.490 e. The molecule has 0 bridgehead atoms. The van der Waals surface area contributed by atoms with Gasteiger partial charge in [0.25, 0.3) is 11.5 Å². The van der Waals surface area contributed by atoms with E-state index in [0.717, 1.165) is 18.4 Å². The van der Waals surface area contributed by atoms with E-state index in [2.05, 4.69) is 24.1 Å². The summed E-state index contributed by atoms with van der Waals surface area (Å²) in [7, 11) is 0. The molecule has 1 heterocycles. The highest BCUT2D eigenvalue weighted by atomic mass is 32.1. The molecular formula is C28H35N3O4S. The number of rotatable bonds is 8. The third-order valence-corrected chi connectivity index (χ3v) is 7.55. The Morgan fingerprint density at radius 2 is 1.75 bits per heavy atom. The van der Waals surface area contributed by atoms with Crippen molar-refractivity contribution in [3.8, 4) is 11.5 Å². The number of amides is 1. The number of hydrogen-bond donors (Lipinski definition) is 2. The lowest BCUT2D eigenvalue weighted by Crippen LogP contribution is -2.43. The maximum atomic E-state index is 13.3. The molecule has 1 saturated carbocycles. The van der Waals surface area contributed by atoms with Crippen LogP contribution in [0.3, 0.4) is 0 Å². The molecule has 1 amide bonds. The lowest BCUT2D eigenvalue weighted by atomic mass is 9.78. The van der Waals surface area contributed by atoms with Crippen molar-refractivity contribution in [1.29, 1.82) is 0 Å². The molecule has 1 aliphatic rings. The number of carbonyl (C=O) groups excluding carboxylic acids is 1. The maximum absolute atomic E-state index is 13.3. The smallest absolute Gasteiger partial charge is 0.262 e. The Kier molecular flexibility index (Phi) is 8.14. The molecule has 192 valence electrons. The van der Waals surface area contributed by atoms with Crippen LogP contribution in [0.25, 0.3) is 10.9 Å². The molecule has 36 heavy (non-hydrogen) atoms.